The van der Waals surface area contributed by atoms with Crippen molar-refractivity contribution in [2.75, 3.05) is 0 Å². The van der Waals surface area contributed by atoms with Crippen LogP contribution in [0, 0.1) is 11.8 Å². The first-order valence-electron chi connectivity index (χ1n) is 5.96. The minimum absolute atomic E-state index is 0.0171. The van der Waals surface area contributed by atoms with E-state index in [9.17, 15) is 19.5 Å². The molecule has 1 heterocycles. The molecule has 1 aliphatic carbocycles. The Morgan fingerprint density at radius 2 is 1.76 bits per heavy atom. The molecular formula is C12H17NO4. The number of imide groups is 1. The summed E-state index contributed by atoms with van der Waals surface area (Å²) in [7, 11) is 0. The van der Waals surface area contributed by atoms with Gasteiger partial charge >= 0.3 is 5.97 Å². The normalized spacial score (nSPS) is 25.9. The lowest BCUT2D eigenvalue weighted by Crippen LogP contribution is -2.61. The van der Waals surface area contributed by atoms with Gasteiger partial charge in [-0.05, 0) is 31.6 Å². The Hall–Kier alpha value is -1.39. The van der Waals surface area contributed by atoms with E-state index in [2.05, 4.69) is 0 Å². The van der Waals surface area contributed by atoms with Crippen LogP contribution in [0.25, 0.3) is 0 Å². The molecule has 2 rings (SSSR count). The number of carbonyl (C=O) groups excluding carboxylic acids is 2. The topological polar surface area (TPSA) is 74.7 Å². The molecule has 1 atom stereocenters. The van der Waals surface area contributed by atoms with Crippen molar-refractivity contribution < 1.29 is 19.5 Å². The Bertz CT molecular complexity index is 370. The van der Waals surface area contributed by atoms with E-state index < -0.39 is 11.5 Å². The van der Waals surface area contributed by atoms with Crippen LogP contribution in [0.2, 0.25) is 0 Å². The molecule has 1 saturated carbocycles. The predicted molar refractivity (Wildman–Crippen MR) is 59.0 cm³/mol. The Morgan fingerprint density at radius 1 is 1.29 bits per heavy atom. The van der Waals surface area contributed by atoms with Crippen LogP contribution < -0.4 is 0 Å². The van der Waals surface area contributed by atoms with E-state index in [1.54, 1.807) is 0 Å². The number of carboxylic acid groups (broad SMARTS) is 1. The van der Waals surface area contributed by atoms with Crippen molar-refractivity contribution in [3.63, 3.8) is 0 Å². The summed E-state index contributed by atoms with van der Waals surface area (Å²) in [5.74, 6) is -1.82. The molecule has 0 aromatic carbocycles. The molecule has 1 saturated heterocycles. The van der Waals surface area contributed by atoms with E-state index in [1.165, 1.54) is 6.92 Å². The molecule has 1 aliphatic heterocycles. The van der Waals surface area contributed by atoms with Gasteiger partial charge in [-0.25, -0.2) is 4.79 Å². The van der Waals surface area contributed by atoms with Gasteiger partial charge in [-0.2, -0.15) is 0 Å². The van der Waals surface area contributed by atoms with Gasteiger partial charge in [0.1, 0.15) is 5.54 Å². The van der Waals surface area contributed by atoms with Crippen LogP contribution in [-0.2, 0) is 14.4 Å². The first-order chi connectivity index (χ1) is 7.87. The number of nitrogens with zero attached hydrogens (tertiary/aromatic N) is 1. The van der Waals surface area contributed by atoms with Gasteiger partial charge in [0, 0.05) is 12.8 Å². The fourth-order valence-electron chi connectivity index (χ4n) is 2.61. The van der Waals surface area contributed by atoms with Crippen molar-refractivity contribution >= 4 is 17.8 Å². The summed E-state index contributed by atoms with van der Waals surface area (Å²) < 4.78 is 0. The maximum absolute atomic E-state index is 11.9. The van der Waals surface area contributed by atoms with Crippen LogP contribution >= 0.6 is 0 Å². The van der Waals surface area contributed by atoms with Crippen molar-refractivity contribution in [2.24, 2.45) is 11.8 Å². The maximum Gasteiger partial charge on any atom is 0.330 e. The standard InChI is InChI=1S/C12H17NO4/c1-7-5-9(14)13(10(15)6-7)12(2,11(16)17)8-3-4-8/h7-8H,3-6H2,1-2H3,(H,16,17). The molecule has 0 aromatic heterocycles. The summed E-state index contributed by atoms with van der Waals surface area (Å²) in [5.41, 5.74) is -1.34. The molecule has 2 amide bonds. The second kappa shape index (κ2) is 3.82. The summed E-state index contributed by atoms with van der Waals surface area (Å²) in [4.78, 5) is 36.3. The molecule has 5 nitrogen and oxygen atoms in total. The van der Waals surface area contributed by atoms with Crippen molar-refractivity contribution in [2.45, 2.75) is 45.1 Å². The lowest BCUT2D eigenvalue weighted by atomic mass is 9.88. The molecule has 1 N–H and O–H groups in total. The number of carbonyl (C=O) groups is 3. The number of likely N-dealkylation sites (tertiary alicyclic amines) is 1. The number of hydrogen-bond acceptors (Lipinski definition) is 3. The van der Waals surface area contributed by atoms with Crippen molar-refractivity contribution in [1.82, 2.24) is 4.90 Å². The lowest BCUT2D eigenvalue weighted by Gasteiger charge is -2.40. The van der Waals surface area contributed by atoms with Gasteiger partial charge in [0.25, 0.3) is 0 Å². The second-order valence-corrected chi connectivity index (χ2v) is 5.36. The number of piperidine rings is 1. The van der Waals surface area contributed by atoms with Gasteiger partial charge in [0.15, 0.2) is 0 Å². The monoisotopic (exact) mass is 239 g/mol. The smallest absolute Gasteiger partial charge is 0.330 e. The third kappa shape index (κ3) is 1.83. The average Bonchev–Trinajstić information content (AvgIpc) is 2.97. The first-order valence-corrected chi connectivity index (χ1v) is 5.96. The highest BCUT2D eigenvalue weighted by molar-refractivity contribution is 6.03. The predicted octanol–water partition coefficient (Wildman–Crippen LogP) is 1.02. The van der Waals surface area contributed by atoms with E-state index in [0.29, 0.717) is 0 Å². The summed E-state index contributed by atoms with van der Waals surface area (Å²) in [6, 6.07) is 0. The van der Waals surface area contributed by atoms with Crippen molar-refractivity contribution in [3.05, 3.63) is 0 Å². The summed E-state index contributed by atoms with van der Waals surface area (Å²) in [6.45, 7) is 3.33. The van der Waals surface area contributed by atoms with Crippen LogP contribution in [0.1, 0.15) is 39.5 Å². The molecule has 1 unspecified atom stereocenters. The van der Waals surface area contributed by atoms with E-state index in [1.807, 2.05) is 6.92 Å². The molecule has 0 aromatic rings. The fraction of sp³-hybridized carbons (Fsp3) is 0.750. The molecule has 0 bridgehead atoms. The van der Waals surface area contributed by atoms with Crippen LogP contribution in [0.5, 0.6) is 0 Å². The van der Waals surface area contributed by atoms with Crippen LogP contribution in [0.3, 0.4) is 0 Å². The highest BCUT2D eigenvalue weighted by atomic mass is 16.4. The second-order valence-electron chi connectivity index (χ2n) is 5.36. The Labute approximate surface area is 99.8 Å². The number of aliphatic carboxylic acids is 1. The molecular weight excluding hydrogens is 222 g/mol. The van der Waals surface area contributed by atoms with E-state index in [-0.39, 0.29) is 36.5 Å². The first kappa shape index (κ1) is 12.1. The minimum Gasteiger partial charge on any atom is -0.479 e. The zero-order chi connectivity index (χ0) is 12.8. The SMILES string of the molecule is CC1CC(=O)N(C(C)(C(=O)O)C2CC2)C(=O)C1. The van der Waals surface area contributed by atoms with Gasteiger partial charge in [0.05, 0.1) is 0 Å². The molecule has 5 heteroatoms. The molecule has 0 spiro atoms. The quantitative estimate of drug-likeness (QED) is 0.746. The number of rotatable bonds is 3. The third-order valence-corrected chi connectivity index (χ3v) is 3.81. The third-order valence-electron chi connectivity index (χ3n) is 3.81. The Kier molecular flexibility index (Phi) is 2.72. The van der Waals surface area contributed by atoms with Crippen molar-refractivity contribution in [3.8, 4) is 0 Å². The highest BCUT2D eigenvalue weighted by Crippen LogP contribution is 2.45. The van der Waals surface area contributed by atoms with Gasteiger partial charge < -0.3 is 5.11 Å². The summed E-state index contributed by atoms with van der Waals surface area (Å²) in [6.07, 6.45) is 2.08. The minimum atomic E-state index is -1.34. The van der Waals surface area contributed by atoms with E-state index in [4.69, 9.17) is 0 Å². The zero-order valence-corrected chi connectivity index (χ0v) is 10.1. The summed E-state index contributed by atoms with van der Waals surface area (Å²) in [5, 5.41) is 9.35. The maximum atomic E-state index is 11.9. The number of amides is 2. The molecule has 0 radical (unpaired) electrons. The summed E-state index contributed by atoms with van der Waals surface area (Å²) >= 11 is 0. The lowest BCUT2D eigenvalue weighted by molar-refractivity contribution is -0.170. The van der Waals surface area contributed by atoms with Gasteiger partial charge in [-0.3, -0.25) is 14.5 Å². The fourth-order valence-corrected chi connectivity index (χ4v) is 2.61. The van der Waals surface area contributed by atoms with Crippen LogP contribution in [-0.4, -0.2) is 33.3 Å². The number of carboxylic acids is 1. The molecule has 17 heavy (non-hydrogen) atoms. The van der Waals surface area contributed by atoms with Gasteiger partial charge in [-0.1, -0.05) is 6.92 Å². The molecule has 2 aliphatic rings. The Balaban J connectivity index is 2.33. The van der Waals surface area contributed by atoms with E-state index in [0.717, 1.165) is 17.7 Å². The molecule has 94 valence electrons. The van der Waals surface area contributed by atoms with Gasteiger partial charge in [0.2, 0.25) is 11.8 Å². The van der Waals surface area contributed by atoms with Gasteiger partial charge in [-0.15, -0.1) is 0 Å². The number of hydrogen-bond donors (Lipinski definition) is 1. The van der Waals surface area contributed by atoms with Crippen LogP contribution in [0.4, 0.5) is 0 Å². The molecule has 2 fully saturated rings. The average molecular weight is 239 g/mol. The van der Waals surface area contributed by atoms with Crippen LogP contribution in [0.15, 0.2) is 0 Å². The highest BCUT2D eigenvalue weighted by Gasteiger charge is 2.56. The van der Waals surface area contributed by atoms with Crippen molar-refractivity contribution in [1.29, 1.82) is 0 Å². The van der Waals surface area contributed by atoms with E-state index >= 15 is 0 Å². The zero-order valence-electron chi connectivity index (χ0n) is 10.1. The Morgan fingerprint density at radius 3 is 2.12 bits per heavy atom. The largest absolute Gasteiger partial charge is 0.479 e.